The van der Waals surface area contributed by atoms with Crippen molar-refractivity contribution in [3.8, 4) is 5.88 Å². The number of methoxy groups -OCH3 is 1. The molecule has 1 aromatic carbocycles. The zero-order valence-electron chi connectivity index (χ0n) is 12.1. The predicted molar refractivity (Wildman–Crippen MR) is 83.8 cm³/mol. The van der Waals surface area contributed by atoms with Crippen molar-refractivity contribution in [1.29, 1.82) is 0 Å². The Morgan fingerprint density at radius 1 is 1.25 bits per heavy atom. The van der Waals surface area contributed by atoms with E-state index >= 15 is 0 Å². The van der Waals surface area contributed by atoms with Gasteiger partial charge >= 0.3 is 0 Å². The molecule has 1 atom stereocenters. The summed E-state index contributed by atoms with van der Waals surface area (Å²) in [4.78, 5) is 4.25. The summed E-state index contributed by atoms with van der Waals surface area (Å²) in [7, 11) is 0.317. The van der Waals surface area contributed by atoms with Gasteiger partial charge in [-0.15, -0.1) is 0 Å². The summed E-state index contributed by atoms with van der Waals surface area (Å²) in [5.41, 5.74) is 0.832. The van der Waals surface area contributed by atoms with Crippen LogP contribution >= 0.6 is 0 Å². The molecular weight excluding hydrogens is 272 g/mol. The third-order valence-electron chi connectivity index (χ3n) is 2.79. The van der Waals surface area contributed by atoms with E-state index in [1.54, 1.807) is 19.5 Å². The van der Waals surface area contributed by atoms with Crippen LogP contribution in [0.3, 0.4) is 0 Å². The maximum Gasteiger partial charge on any atom is 0.221 e. The predicted octanol–water partition coefficient (Wildman–Crippen LogP) is 3.12. The summed E-state index contributed by atoms with van der Waals surface area (Å²) in [6.45, 7) is 5.68. The van der Waals surface area contributed by atoms with Crippen molar-refractivity contribution in [3.05, 3.63) is 36.0 Å². The Bertz CT molecular complexity index is 675. The van der Waals surface area contributed by atoms with Gasteiger partial charge in [0.25, 0.3) is 0 Å². The summed E-state index contributed by atoms with van der Waals surface area (Å²) < 4.78 is 21.0. The second kappa shape index (κ2) is 5.71. The summed E-state index contributed by atoms with van der Waals surface area (Å²) in [6.07, 6.45) is 3.31. The minimum atomic E-state index is -1.28. The number of nitrogens with zero attached hydrogens (tertiary/aromatic N) is 2. The molecule has 1 aromatic heterocycles. The normalized spacial score (nSPS) is 13.8. The maximum atomic E-state index is 12.0. The fourth-order valence-electron chi connectivity index (χ4n) is 1.72. The van der Waals surface area contributed by atoms with Gasteiger partial charge in [-0.3, -0.25) is 0 Å². The molecule has 0 saturated heterocycles. The summed E-state index contributed by atoms with van der Waals surface area (Å²) in [5, 5.41) is 1.90. The summed E-state index contributed by atoms with van der Waals surface area (Å²) in [5.74, 6) is 0.578. The number of fused-ring (bicyclic) bond motifs is 1. The Morgan fingerprint density at radius 2 is 1.90 bits per heavy atom. The molecule has 4 nitrogen and oxygen atoms in total. The Balaban J connectivity index is 2.46. The number of ether oxygens (including phenoxy) is 1. The molecule has 5 heteroatoms. The average molecular weight is 290 g/mol. The second-order valence-corrected chi connectivity index (χ2v) is 7.30. The Morgan fingerprint density at radius 3 is 2.50 bits per heavy atom. The van der Waals surface area contributed by atoms with E-state index in [1.807, 2.05) is 45.0 Å². The molecule has 0 spiro atoms. The smallest absolute Gasteiger partial charge is 0.221 e. The van der Waals surface area contributed by atoms with Gasteiger partial charge in [0, 0.05) is 23.4 Å². The first-order valence-electron chi connectivity index (χ1n) is 6.31. The highest BCUT2D eigenvalue weighted by molar-refractivity contribution is 7.85. The Labute approximate surface area is 121 Å². The van der Waals surface area contributed by atoms with Crippen LogP contribution in [0.2, 0.25) is 0 Å². The molecule has 2 rings (SSSR count). The number of pyridine rings is 1. The second-order valence-electron chi connectivity index (χ2n) is 5.36. The zero-order valence-corrected chi connectivity index (χ0v) is 12.9. The van der Waals surface area contributed by atoms with Crippen molar-refractivity contribution in [2.24, 2.45) is 4.40 Å². The van der Waals surface area contributed by atoms with E-state index in [-0.39, 0.29) is 4.75 Å². The van der Waals surface area contributed by atoms with E-state index in [0.29, 0.717) is 5.88 Å². The highest BCUT2D eigenvalue weighted by Gasteiger charge is 2.18. The molecule has 0 saturated carbocycles. The van der Waals surface area contributed by atoms with Crippen LogP contribution in [0.4, 0.5) is 0 Å². The van der Waals surface area contributed by atoms with Crippen molar-refractivity contribution < 1.29 is 8.95 Å². The van der Waals surface area contributed by atoms with Crippen LogP contribution in [0.25, 0.3) is 10.8 Å². The van der Waals surface area contributed by atoms with E-state index in [9.17, 15) is 4.21 Å². The van der Waals surface area contributed by atoms with Crippen LogP contribution in [0, 0.1) is 0 Å². The molecule has 0 aliphatic rings. The van der Waals surface area contributed by atoms with Crippen LogP contribution < -0.4 is 4.74 Å². The number of aromatic nitrogens is 1. The minimum Gasteiger partial charge on any atom is -0.481 e. The van der Waals surface area contributed by atoms with Gasteiger partial charge in [-0.1, -0.05) is 18.2 Å². The molecule has 0 fully saturated rings. The van der Waals surface area contributed by atoms with Gasteiger partial charge in [0.2, 0.25) is 5.88 Å². The topological polar surface area (TPSA) is 51.6 Å². The van der Waals surface area contributed by atoms with Crippen LogP contribution in [-0.4, -0.2) is 27.3 Å². The van der Waals surface area contributed by atoms with Crippen molar-refractivity contribution >= 4 is 28.0 Å². The summed E-state index contributed by atoms with van der Waals surface area (Å²) >= 11 is 0. The first kappa shape index (κ1) is 14.7. The highest BCUT2D eigenvalue weighted by atomic mass is 32.2. The number of hydrogen-bond acceptors (Lipinski definition) is 3. The van der Waals surface area contributed by atoms with Crippen LogP contribution in [0.5, 0.6) is 5.88 Å². The quantitative estimate of drug-likeness (QED) is 0.816. The van der Waals surface area contributed by atoms with Gasteiger partial charge in [0.15, 0.2) is 0 Å². The molecule has 20 heavy (non-hydrogen) atoms. The fraction of sp³-hybridized carbons (Fsp3) is 0.333. The van der Waals surface area contributed by atoms with Crippen molar-refractivity contribution in [3.63, 3.8) is 0 Å². The molecule has 0 amide bonds. The van der Waals surface area contributed by atoms with Crippen molar-refractivity contribution in [1.82, 2.24) is 4.98 Å². The third-order valence-corrected chi connectivity index (χ3v) is 4.14. The fourth-order valence-corrected chi connectivity index (χ4v) is 2.24. The Hall–Kier alpha value is -1.75. The van der Waals surface area contributed by atoms with Crippen LogP contribution in [0.15, 0.2) is 34.9 Å². The van der Waals surface area contributed by atoms with Crippen LogP contribution in [0.1, 0.15) is 26.3 Å². The van der Waals surface area contributed by atoms with Gasteiger partial charge in [-0.25, -0.2) is 9.19 Å². The molecule has 0 unspecified atom stereocenters. The monoisotopic (exact) mass is 290 g/mol. The van der Waals surface area contributed by atoms with Crippen molar-refractivity contribution in [2.45, 2.75) is 25.5 Å². The number of rotatable bonds is 3. The van der Waals surface area contributed by atoms with Gasteiger partial charge < -0.3 is 4.74 Å². The lowest BCUT2D eigenvalue weighted by atomic mass is 10.1. The largest absolute Gasteiger partial charge is 0.481 e. The molecule has 0 N–H and O–H groups in total. The van der Waals surface area contributed by atoms with Gasteiger partial charge in [0.1, 0.15) is 11.0 Å². The molecule has 0 radical (unpaired) electrons. The molecule has 0 aliphatic heterocycles. The van der Waals surface area contributed by atoms with E-state index in [4.69, 9.17) is 4.74 Å². The SMILES string of the molecule is COc1ncc(C=N[S@@](=O)C(C)(C)C)c2ccccc12. The van der Waals surface area contributed by atoms with Gasteiger partial charge in [0.05, 0.1) is 11.9 Å². The van der Waals surface area contributed by atoms with Gasteiger partial charge in [-0.2, -0.15) is 4.40 Å². The number of benzene rings is 1. The first-order chi connectivity index (χ1) is 9.43. The maximum absolute atomic E-state index is 12.0. The van der Waals surface area contributed by atoms with E-state index < -0.39 is 11.0 Å². The minimum absolute atomic E-state index is 0.369. The first-order valence-corrected chi connectivity index (χ1v) is 7.42. The molecule has 1 heterocycles. The standard InChI is InChI=1S/C15H18N2O2S/c1-15(2,3)20(18)17-10-11-9-16-14(19-4)13-8-6-5-7-12(11)13/h5-10H,1-4H3/t20-/m0/s1. The lowest BCUT2D eigenvalue weighted by Crippen LogP contribution is -2.19. The van der Waals surface area contributed by atoms with E-state index in [0.717, 1.165) is 16.3 Å². The Kier molecular flexibility index (Phi) is 4.18. The van der Waals surface area contributed by atoms with Crippen molar-refractivity contribution in [2.75, 3.05) is 7.11 Å². The van der Waals surface area contributed by atoms with E-state index in [1.165, 1.54) is 0 Å². The average Bonchev–Trinajstić information content (AvgIpc) is 2.43. The third kappa shape index (κ3) is 3.04. The molecule has 106 valence electrons. The molecule has 2 aromatic rings. The zero-order chi connectivity index (χ0) is 14.8. The molecule has 0 bridgehead atoms. The van der Waals surface area contributed by atoms with Gasteiger partial charge in [-0.05, 0) is 32.2 Å². The number of hydrogen-bond donors (Lipinski definition) is 0. The lowest BCUT2D eigenvalue weighted by molar-refractivity contribution is 0.403. The molecular formula is C15H18N2O2S. The van der Waals surface area contributed by atoms with E-state index in [2.05, 4.69) is 9.38 Å². The summed E-state index contributed by atoms with van der Waals surface area (Å²) in [6, 6.07) is 7.79. The van der Waals surface area contributed by atoms with Crippen LogP contribution in [-0.2, 0) is 11.0 Å². The highest BCUT2D eigenvalue weighted by Crippen LogP contribution is 2.25. The lowest BCUT2D eigenvalue weighted by Gasteiger charge is -2.13. The molecule has 0 aliphatic carbocycles.